The van der Waals surface area contributed by atoms with Gasteiger partial charge in [0.1, 0.15) is 5.75 Å². The summed E-state index contributed by atoms with van der Waals surface area (Å²) in [6.07, 6.45) is 25.7. The van der Waals surface area contributed by atoms with E-state index in [-0.39, 0.29) is 5.97 Å². The number of aromatic hydroxyl groups is 1. The molecule has 1 rings (SSSR count). The Morgan fingerprint density at radius 1 is 0.686 bits per heavy atom. The molecule has 0 aromatic heterocycles. The monoisotopic (exact) mass is 488 g/mol. The summed E-state index contributed by atoms with van der Waals surface area (Å²) in [5, 5.41) is 10.2. The van der Waals surface area contributed by atoms with Crippen molar-refractivity contribution in [1.29, 1.82) is 0 Å². The molecule has 0 aliphatic rings. The first-order valence-corrected chi connectivity index (χ1v) is 15.1. The predicted molar refractivity (Wildman–Crippen MR) is 150 cm³/mol. The summed E-state index contributed by atoms with van der Waals surface area (Å²) in [6.45, 7) is 6.92. The van der Waals surface area contributed by atoms with Crippen molar-refractivity contribution < 1.29 is 14.6 Å². The molecule has 0 saturated heterocycles. The van der Waals surface area contributed by atoms with Gasteiger partial charge in [0.2, 0.25) is 0 Å². The minimum Gasteiger partial charge on any atom is -0.507 e. The molecule has 0 amide bonds. The number of carbonyl (C=O) groups is 1. The Balaban J connectivity index is 1.95. The SMILES string of the molecule is CCCCCCCCCCCCCCCCCCOC(=O)CCc1cc(C)c(O)c(CCCC)c1. The van der Waals surface area contributed by atoms with E-state index in [1.165, 1.54) is 89.9 Å². The molecule has 35 heavy (non-hydrogen) atoms. The van der Waals surface area contributed by atoms with Crippen LogP contribution in [0.25, 0.3) is 0 Å². The minimum atomic E-state index is -0.105. The lowest BCUT2D eigenvalue weighted by Crippen LogP contribution is -2.07. The van der Waals surface area contributed by atoms with Crippen LogP contribution < -0.4 is 0 Å². The molecule has 0 heterocycles. The maximum atomic E-state index is 12.1. The topological polar surface area (TPSA) is 46.5 Å². The van der Waals surface area contributed by atoms with Gasteiger partial charge in [0, 0.05) is 6.42 Å². The highest BCUT2D eigenvalue weighted by atomic mass is 16.5. The summed E-state index contributed by atoms with van der Waals surface area (Å²) < 4.78 is 5.44. The number of benzene rings is 1. The smallest absolute Gasteiger partial charge is 0.306 e. The van der Waals surface area contributed by atoms with Crippen molar-refractivity contribution in [3.05, 3.63) is 28.8 Å². The molecule has 202 valence electrons. The van der Waals surface area contributed by atoms with E-state index in [2.05, 4.69) is 19.9 Å². The highest BCUT2D eigenvalue weighted by molar-refractivity contribution is 5.69. The number of rotatable bonds is 23. The molecular formula is C32H56O3. The number of unbranched alkanes of at least 4 members (excludes halogenated alkanes) is 16. The number of aryl methyl sites for hydroxylation is 3. The Kier molecular flexibility index (Phi) is 19.6. The quantitative estimate of drug-likeness (QED) is 0.123. The molecule has 0 bridgehead atoms. The van der Waals surface area contributed by atoms with E-state index < -0.39 is 0 Å². The van der Waals surface area contributed by atoms with E-state index in [1.807, 2.05) is 13.0 Å². The van der Waals surface area contributed by atoms with Crippen LogP contribution in [0.3, 0.4) is 0 Å². The van der Waals surface area contributed by atoms with Crippen LogP contribution in [-0.2, 0) is 22.4 Å². The summed E-state index contributed by atoms with van der Waals surface area (Å²) in [6, 6.07) is 4.05. The first kappa shape index (κ1) is 31.5. The van der Waals surface area contributed by atoms with Gasteiger partial charge in [0.25, 0.3) is 0 Å². The predicted octanol–water partition coefficient (Wildman–Crippen LogP) is 9.78. The van der Waals surface area contributed by atoms with Crippen molar-refractivity contribution in [1.82, 2.24) is 0 Å². The minimum absolute atomic E-state index is 0.105. The van der Waals surface area contributed by atoms with Gasteiger partial charge >= 0.3 is 5.97 Å². The largest absolute Gasteiger partial charge is 0.507 e. The first-order chi connectivity index (χ1) is 17.1. The van der Waals surface area contributed by atoms with Crippen LogP contribution in [0.4, 0.5) is 0 Å². The van der Waals surface area contributed by atoms with Gasteiger partial charge in [-0.1, -0.05) is 129 Å². The molecule has 3 nitrogen and oxygen atoms in total. The summed E-state index contributed by atoms with van der Waals surface area (Å²) in [5.74, 6) is 0.306. The van der Waals surface area contributed by atoms with Crippen molar-refractivity contribution in [2.75, 3.05) is 6.61 Å². The maximum absolute atomic E-state index is 12.1. The molecule has 1 aromatic carbocycles. The molecule has 0 aliphatic carbocycles. The second-order valence-electron chi connectivity index (χ2n) is 10.5. The van der Waals surface area contributed by atoms with Crippen LogP contribution in [0.1, 0.15) is 153 Å². The number of carbonyl (C=O) groups excluding carboxylic acids is 1. The van der Waals surface area contributed by atoms with Crippen molar-refractivity contribution in [2.45, 2.75) is 156 Å². The molecule has 0 radical (unpaired) electrons. The Hall–Kier alpha value is -1.51. The van der Waals surface area contributed by atoms with Crippen LogP contribution in [0.5, 0.6) is 5.75 Å². The zero-order chi connectivity index (χ0) is 25.6. The zero-order valence-corrected chi connectivity index (χ0v) is 23.5. The first-order valence-electron chi connectivity index (χ1n) is 15.1. The van der Waals surface area contributed by atoms with Gasteiger partial charge in [0.15, 0.2) is 0 Å². The van der Waals surface area contributed by atoms with E-state index >= 15 is 0 Å². The summed E-state index contributed by atoms with van der Waals surface area (Å²) >= 11 is 0. The van der Waals surface area contributed by atoms with E-state index in [4.69, 9.17) is 4.74 Å². The Morgan fingerprint density at radius 3 is 1.69 bits per heavy atom. The molecule has 0 unspecified atom stereocenters. The third-order valence-electron chi connectivity index (χ3n) is 7.12. The van der Waals surface area contributed by atoms with E-state index in [0.29, 0.717) is 25.2 Å². The van der Waals surface area contributed by atoms with Crippen LogP contribution in [0.2, 0.25) is 0 Å². The summed E-state index contributed by atoms with van der Waals surface area (Å²) in [7, 11) is 0. The molecule has 3 heteroatoms. The standard InChI is InChI=1S/C32H56O3/c1-4-6-8-9-10-11-12-13-14-15-16-17-18-19-20-21-25-35-31(33)24-23-29-26-28(3)32(34)30(27-29)22-7-5-2/h26-27,34H,4-25H2,1-3H3. The number of phenols is 1. The lowest BCUT2D eigenvalue weighted by Gasteiger charge is -2.11. The second kappa shape index (κ2) is 21.7. The summed E-state index contributed by atoms with van der Waals surface area (Å²) in [4.78, 5) is 12.1. The second-order valence-corrected chi connectivity index (χ2v) is 10.5. The van der Waals surface area contributed by atoms with E-state index in [0.717, 1.165) is 48.8 Å². The van der Waals surface area contributed by atoms with Gasteiger partial charge < -0.3 is 9.84 Å². The lowest BCUT2D eigenvalue weighted by molar-refractivity contribution is -0.143. The van der Waals surface area contributed by atoms with Gasteiger partial charge in [-0.05, 0) is 49.3 Å². The third kappa shape index (κ3) is 16.7. The fourth-order valence-corrected chi connectivity index (χ4v) is 4.79. The molecule has 0 aliphatic heterocycles. The molecule has 1 aromatic rings. The third-order valence-corrected chi connectivity index (χ3v) is 7.12. The van der Waals surface area contributed by atoms with Crippen LogP contribution in [-0.4, -0.2) is 17.7 Å². The van der Waals surface area contributed by atoms with Gasteiger partial charge in [-0.2, -0.15) is 0 Å². The molecular weight excluding hydrogens is 432 g/mol. The van der Waals surface area contributed by atoms with Crippen molar-refractivity contribution in [3.8, 4) is 5.75 Å². The van der Waals surface area contributed by atoms with E-state index in [1.54, 1.807) is 0 Å². The number of phenolic OH excluding ortho intramolecular Hbond substituents is 1. The molecule has 0 spiro atoms. The fourth-order valence-electron chi connectivity index (χ4n) is 4.79. The van der Waals surface area contributed by atoms with Crippen LogP contribution in [0.15, 0.2) is 12.1 Å². The van der Waals surface area contributed by atoms with Crippen LogP contribution in [0, 0.1) is 6.92 Å². The Bertz CT molecular complexity index is 652. The fraction of sp³-hybridized carbons (Fsp3) is 0.781. The summed E-state index contributed by atoms with van der Waals surface area (Å²) in [5.41, 5.74) is 3.02. The van der Waals surface area contributed by atoms with Crippen LogP contribution >= 0.6 is 0 Å². The molecule has 0 atom stereocenters. The Morgan fingerprint density at radius 2 is 1.17 bits per heavy atom. The van der Waals surface area contributed by atoms with Crippen molar-refractivity contribution in [3.63, 3.8) is 0 Å². The van der Waals surface area contributed by atoms with E-state index in [9.17, 15) is 9.90 Å². The normalized spacial score (nSPS) is 11.2. The molecule has 0 fully saturated rings. The number of esters is 1. The maximum Gasteiger partial charge on any atom is 0.306 e. The Labute approximate surface area is 217 Å². The average molecular weight is 489 g/mol. The van der Waals surface area contributed by atoms with Gasteiger partial charge in [-0.15, -0.1) is 0 Å². The van der Waals surface area contributed by atoms with Gasteiger partial charge in [0.05, 0.1) is 6.61 Å². The zero-order valence-electron chi connectivity index (χ0n) is 23.5. The van der Waals surface area contributed by atoms with Gasteiger partial charge in [-0.25, -0.2) is 0 Å². The van der Waals surface area contributed by atoms with Crippen molar-refractivity contribution >= 4 is 5.97 Å². The lowest BCUT2D eigenvalue weighted by atomic mass is 9.98. The highest BCUT2D eigenvalue weighted by Gasteiger charge is 2.09. The number of hydrogen-bond acceptors (Lipinski definition) is 3. The highest BCUT2D eigenvalue weighted by Crippen LogP contribution is 2.26. The average Bonchev–Trinajstić information content (AvgIpc) is 2.85. The van der Waals surface area contributed by atoms with Gasteiger partial charge in [-0.3, -0.25) is 4.79 Å². The molecule has 0 saturated carbocycles. The number of hydrogen-bond donors (Lipinski definition) is 1. The number of ether oxygens (including phenoxy) is 1. The van der Waals surface area contributed by atoms with Crippen molar-refractivity contribution in [2.24, 2.45) is 0 Å². The molecule has 1 N–H and O–H groups in total.